The van der Waals surface area contributed by atoms with Crippen molar-refractivity contribution >= 4 is 6.29 Å². The SMILES string of the molecule is CCC1=CC(C=O)=CC1. The summed E-state index contributed by atoms with van der Waals surface area (Å²) < 4.78 is 0. The van der Waals surface area contributed by atoms with Gasteiger partial charge in [0.2, 0.25) is 0 Å². The van der Waals surface area contributed by atoms with E-state index in [0.29, 0.717) is 0 Å². The molecule has 9 heavy (non-hydrogen) atoms. The molecule has 0 aromatic carbocycles. The molecule has 0 saturated carbocycles. The zero-order valence-electron chi connectivity index (χ0n) is 5.55. The first-order valence-corrected chi connectivity index (χ1v) is 3.21. The lowest BCUT2D eigenvalue weighted by molar-refractivity contribution is -0.104. The predicted molar refractivity (Wildman–Crippen MR) is 37.1 cm³/mol. The topological polar surface area (TPSA) is 17.1 Å². The van der Waals surface area contributed by atoms with Gasteiger partial charge in [0.1, 0.15) is 6.29 Å². The maximum absolute atomic E-state index is 10.2. The molecule has 1 nitrogen and oxygen atoms in total. The fourth-order valence-corrected chi connectivity index (χ4v) is 0.931. The molecule has 1 rings (SSSR count). The third kappa shape index (κ3) is 1.28. The molecule has 0 N–H and O–H groups in total. The average molecular weight is 122 g/mol. The number of carbonyl (C=O) groups excluding carboxylic acids is 1. The lowest BCUT2D eigenvalue weighted by Gasteiger charge is -1.88. The average Bonchev–Trinajstić information content (AvgIpc) is 2.34. The summed E-state index contributed by atoms with van der Waals surface area (Å²) in [5, 5.41) is 0. The van der Waals surface area contributed by atoms with Gasteiger partial charge in [-0.2, -0.15) is 0 Å². The molecule has 0 unspecified atom stereocenters. The van der Waals surface area contributed by atoms with Crippen LogP contribution in [0.4, 0.5) is 0 Å². The molecule has 0 saturated heterocycles. The molecule has 0 amide bonds. The van der Waals surface area contributed by atoms with Crippen LogP contribution in [0.5, 0.6) is 0 Å². The molecule has 0 radical (unpaired) electrons. The number of allylic oxidation sites excluding steroid dienone is 4. The molecule has 0 fully saturated rings. The van der Waals surface area contributed by atoms with Crippen molar-refractivity contribution in [1.29, 1.82) is 0 Å². The van der Waals surface area contributed by atoms with Gasteiger partial charge in [-0.1, -0.05) is 24.6 Å². The first-order chi connectivity index (χ1) is 4.36. The first kappa shape index (κ1) is 6.27. The smallest absolute Gasteiger partial charge is 0.149 e. The Kier molecular flexibility index (Phi) is 1.83. The van der Waals surface area contributed by atoms with Crippen molar-refractivity contribution in [2.75, 3.05) is 0 Å². The number of aldehydes is 1. The molecule has 1 aliphatic carbocycles. The van der Waals surface area contributed by atoms with Gasteiger partial charge in [-0.3, -0.25) is 4.79 Å². The highest BCUT2D eigenvalue weighted by Crippen LogP contribution is 2.17. The van der Waals surface area contributed by atoms with Crippen molar-refractivity contribution in [2.24, 2.45) is 0 Å². The van der Waals surface area contributed by atoms with E-state index in [0.717, 1.165) is 24.7 Å². The summed E-state index contributed by atoms with van der Waals surface area (Å²) in [6, 6.07) is 0. The summed E-state index contributed by atoms with van der Waals surface area (Å²) in [5.74, 6) is 0. The molecule has 0 heterocycles. The molecule has 0 atom stereocenters. The van der Waals surface area contributed by atoms with E-state index in [9.17, 15) is 4.79 Å². The standard InChI is InChI=1S/C8H10O/c1-2-7-3-4-8(5-7)6-9/h4-6H,2-3H2,1H3. The molecule has 1 heteroatoms. The molecule has 0 aromatic heterocycles. The Labute approximate surface area is 55.1 Å². The van der Waals surface area contributed by atoms with Crippen LogP contribution in [0.1, 0.15) is 19.8 Å². The van der Waals surface area contributed by atoms with Crippen LogP contribution in [-0.4, -0.2) is 6.29 Å². The largest absolute Gasteiger partial charge is 0.298 e. The Morgan fingerprint density at radius 3 is 2.89 bits per heavy atom. The maximum atomic E-state index is 10.2. The van der Waals surface area contributed by atoms with Crippen molar-refractivity contribution in [3.8, 4) is 0 Å². The van der Waals surface area contributed by atoms with Gasteiger partial charge in [0.25, 0.3) is 0 Å². The second-order valence-electron chi connectivity index (χ2n) is 2.18. The van der Waals surface area contributed by atoms with Crippen LogP contribution in [0.3, 0.4) is 0 Å². The molecule has 0 spiro atoms. The van der Waals surface area contributed by atoms with Crippen LogP contribution in [0.2, 0.25) is 0 Å². The van der Waals surface area contributed by atoms with Gasteiger partial charge in [0, 0.05) is 5.57 Å². The predicted octanol–water partition coefficient (Wildman–Crippen LogP) is 1.85. The zero-order chi connectivity index (χ0) is 6.69. The third-order valence-electron chi connectivity index (χ3n) is 1.56. The Balaban J connectivity index is 2.62. The van der Waals surface area contributed by atoms with E-state index in [1.165, 1.54) is 5.57 Å². The number of rotatable bonds is 2. The number of carbonyl (C=O) groups is 1. The summed E-state index contributed by atoms with van der Waals surface area (Å²) in [5.41, 5.74) is 2.20. The van der Waals surface area contributed by atoms with Crippen molar-refractivity contribution in [1.82, 2.24) is 0 Å². The molecular weight excluding hydrogens is 112 g/mol. The second kappa shape index (κ2) is 2.62. The number of hydrogen-bond acceptors (Lipinski definition) is 1. The Hall–Kier alpha value is -0.850. The number of hydrogen-bond donors (Lipinski definition) is 0. The van der Waals surface area contributed by atoms with Crippen LogP contribution in [0.15, 0.2) is 23.3 Å². The van der Waals surface area contributed by atoms with E-state index in [-0.39, 0.29) is 0 Å². The van der Waals surface area contributed by atoms with Crippen molar-refractivity contribution in [3.05, 3.63) is 23.3 Å². The quantitative estimate of drug-likeness (QED) is 0.511. The molecule has 0 aliphatic heterocycles. The van der Waals surface area contributed by atoms with Crippen molar-refractivity contribution in [3.63, 3.8) is 0 Å². The Morgan fingerprint density at radius 2 is 2.56 bits per heavy atom. The summed E-state index contributed by atoms with van der Waals surface area (Å²) in [6.07, 6.45) is 6.87. The van der Waals surface area contributed by atoms with Crippen LogP contribution < -0.4 is 0 Å². The van der Waals surface area contributed by atoms with Crippen LogP contribution in [0, 0.1) is 0 Å². The molecule has 0 bridgehead atoms. The molecular formula is C8H10O. The highest BCUT2D eigenvalue weighted by molar-refractivity contribution is 5.79. The third-order valence-corrected chi connectivity index (χ3v) is 1.56. The summed E-state index contributed by atoms with van der Waals surface area (Å²) in [6.45, 7) is 2.10. The van der Waals surface area contributed by atoms with Gasteiger partial charge in [0.05, 0.1) is 0 Å². The van der Waals surface area contributed by atoms with Gasteiger partial charge in [-0.05, 0) is 12.8 Å². The van der Waals surface area contributed by atoms with E-state index in [1.54, 1.807) is 0 Å². The summed E-state index contributed by atoms with van der Waals surface area (Å²) in [4.78, 5) is 10.2. The Morgan fingerprint density at radius 1 is 1.78 bits per heavy atom. The van der Waals surface area contributed by atoms with Gasteiger partial charge >= 0.3 is 0 Å². The van der Waals surface area contributed by atoms with Crippen LogP contribution in [-0.2, 0) is 4.79 Å². The normalized spacial score (nSPS) is 17.0. The highest BCUT2D eigenvalue weighted by atomic mass is 16.1. The van der Waals surface area contributed by atoms with Crippen LogP contribution in [0.25, 0.3) is 0 Å². The van der Waals surface area contributed by atoms with E-state index in [1.807, 2.05) is 12.2 Å². The minimum absolute atomic E-state index is 0.840. The molecule has 0 aromatic rings. The molecule has 48 valence electrons. The zero-order valence-corrected chi connectivity index (χ0v) is 5.55. The molecule has 1 aliphatic rings. The monoisotopic (exact) mass is 122 g/mol. The van der Waals surface area contributed by atoms with Gasteiger partial charge < -0.3 is 0 Å². The lowest BCUT2D eigenvalue weighted by Crippen LogP contribution is -1.72. The van der Waals surface area contributed by atoms with Gasteiger partial charge in [0.15, 0.2) is 0 Å². The van der Waals surface area contributed by atoms with Gasteiger partial charge in [-0.25, -0.2) is 0 Å². The van der Waals surface area contributed by atoms with Crippen molar-refractivity contribution in [2.45, 2.75) is 19.8 Å². The van der Waals surface area contributed by atoms with E-state index < -0.39 is 0 Å². The van der Waals surface area contributed by atoms with Crippen molar-refractivity contribution < 1.29 is 4.79 Å². The fraction of sp³-hybridized carbons (Fsp3) is 0.375. The lowest BCUT2D eigenvalue weighted by atomic mass is 10.2. The summed E-state index contributed by atoms with van der Waals surface area (Å²) in [7, 11) is 0. The van der Waals surface area contributed by atoms with E-state index >= 15 is 0 Å². The second-order valence-corrected chi connectivity index (χ2v) is 2.18. The van der Waals surface area contributed by atoms with Gasteiger partial charge in [-0.15, -0.1) is 0 Å². The van der Waals surface area contributed by atoms with E-state index in [4.69, 9.17) is 0 Å². The minimum atomic E-state index is 0.840. The minimum Gasteiger partial charge on any atom is -0.298 e. The first-order valence-electron chi connectivity index (χ1n) is 3.21. The fourth-order valence-electron chi connectivity index (χ4n) is 0.931. The maximum Gasteiger partial charge on any atom is 0.149 e. The summed E-state index contributed by atoms with van der Waals surface area (Å²) >= 11 is 0. The van der Waals surface area contributed by atoms with E-state index in [2.05, 4.69) is 6.92 Å². The highest BCUT2D eigenvalue weighted by Gasteiger charge is 2.01. The Bertz CT molecular complexity index is 175. The van der Waals surface area contributed by atoms with Crippen LogP contribution >= 0.6 is 0 Å².